The number of benzene rings is 1. The van der Waals surface area contributed by atoms with Gasteiger partial charge in [0.05, 0.1) is 23.3 Å². The Bertz CT molecular complexity index is 765. The van der Waals surface area contributed by atoms with E-state index in [0.717, 1.165) is 17.8 Å². The van der Waals surface area contributed by atoms with E-state index in [2.05, 4.69) is 36.2 Å². The van der Waals surface area contributed by atoms with Crippen LogP contribution in [0.5, 0.6) is 0 Å². The molecule has 1 amide bonds. The van der Waals surface area contributed by atoms with Gasteiger partial charge in [0.2, 0.25) is 0 Å². The number of amidine groups is 1. The fraction of sp³-hybridized carbons (Fsp3) is 0.0769. The lowest BCUT2D eigenvalue weighted by atomic mass is 10.2. The predicted octanol–water partition coefficient (Wildman–Crippen LogP) is 3.37. The summed E-state index contributed by atoms with van der Waals surface area (Å²) in [5, 5.41) is 11.3. The fourth-order valence-corrected chi connectivity index (χ4v) is 3.19. The summed E-state index contributed by atoms with van der Waals surface area (Å²) in [5.74, 6) is -1.07. The highest BCUT2D eigenvalue weighted by Crippen LogP contribution is 2.29. The second-order valence-electron chi connectivity index (χ2n) is 4.03. The van der Waals surface area contributed by atoms with Gasteiger partial charge in [-0.1, -0.05) is 23.2 Å². The largest absolute Gasteiger partial charge is 0.466 e. The molecule has 1 N–H and O–H groups in total. The van der Waals surface area contributed by atoms with Crippen molar-refractivity contribution in [2.24, 2.45) is 10.2 Å². The van der Waals surface area contributed by atoms with Crippen molar-refractivity contribution in [2.45, 2.75) is 0 Å². The van der Waals surface area contributed by atoms with Gasteiger partial charge in [0.25, 0.3) is 5.91 Å². The minimum Gasteiger partial charge on any atom is -0.466 e. The maximum Gasteiger partial charge on any atom is 0.331 e. The highest BCUT2D eigenvalue weighted by molar-refractivity contribution is 9.10. The van der Waals surface area contributed by atoms with Crippen LogP contribution in [0.25, 0.3) is 0 Å². The lowest BCUT2D eigenvalue weighted by Crippen LogP contribution is -2.19. The molecular formula is C13H8BrCl2N3O3S. The summed E-state index contributed by atoms with van der Waals surface area (Å²) in [4.78, 5) is 22.9. The molecule has 2 rings (SSSR count). The van der Waals surface area contributed by atoms with Crippen LogP contribution in [0, 0.1) is 0 Å². The predicted molar refractivity (Wildman–Crippen MR) is 95.0 cm³/mol. The topological polar surface area (TPSA) is 80.1 Å². The molecule has 1 saturated heterocycles. The van der Waals surface area contributed by atoms with Crippen molar-refractivity contribution in [3.63, 3.8) is 0 Å². The minimum absolute atomic E-state index is 0.175. The van der Waals surface area contributed by atoms with E-state index in [9.17, 15) is 9.59 Å². The first-order chi connectivity index (χ1) is 10.9. The number of methoxy groups -OCH3 is 1. The van der Waals surface area contributed by atoms with E-state index in [0.29, 0.717) is 20.1 Å². The molecule has 0 spiro atoms. The molecule has 1 aromatic rings. The second-order valence-corrected chi connectivity index (χ2v) is 6.73. The molecule has 0 aliphatic carbocycles. The molecule has 1 aliphatic rings. The van der Waals surface area contributed by atoms with Gasteiger partial charge < -0.3 is 4.74 Å². The van der Waals surface area contributed by atoms with Crippen molar-refractivity contribution in [1.82, 2.24) is 5.32 Å². The molecule has 1 fully saturated rings. The Hall–Kier alpha value is -1.35. The number of amides is 1. The Morgan fingerprint density at radius 3 is 2.87 bits per heavy atom. The van der Waals surface area contributed by atoms with E-state index in [1.165, 1.54) is 13.3 Å². The molecule has 0 unspecified atom stereocenters. The second kappa shape index (κ2) is 7.96. The zero-order chi connectivity index (χ0) is 17.0. The third kappa shape index (κ3) is 4.81. The molecule has 1 aromatic carbocycles. The molecule has 1 aliphatic heterocycles. The van der Waals surface area contributed by atoms with Gasteiger partial charge in [-0.25, -0.2) is 4.79 Å². The zero-order valence-corrected chi connectivity index (χ0v) is 15.4. The van der Waals surface area contributed by atoms with Crippen LogP contribution in [0.2, 0.25) is 10.0 Å². The van der Waals surface area contributed by atoms with E-state index in [1.54, 1.807) is 12.1 Å². The molecule has 0 radical (unpaired) electrons. The van der Waals surface area contributed by atoms with Crippen molar-refractivity contribution in [2.75, 3.05) is 7.11 Å². The summed E-state index contributed by atoms with van der Waals surface area (Å²) >= 11 is 16.3. The molecule has 0 saturated carbocycles. The molecule has 6 nitrogen and oxygen atoms in total. The van der Waals surface area contributed by atoms with Crippen LogP contribution in [0.1, 0.15) is 5.56 Å². The third-order valence-corrected chi connectivity index (χ3v) is 4.86. The molecular weight excluding hydrogens is 429 g/mol. The average molecular weight is 437 g/mol. The van der Waals surface area contributed by atoms with Crippen LogP contribution >= 0.6 is 50.9 Å². The quantitative estimate of drug-likeness (QED) is 0.259. The van der Waals surface area contributed by atoms with Gasteiger partial charge in [-0.05, 0) is 39.8 Å². The SMILES string of the molecule is COC(=O)/C=C1/S/C(=N\N=Cc2cc(Cl)cc(Br)c2Cl)NC1=O. The lowest BCUT2D eigenvalue weighted by Gasteiger charge is -2.01. The summed E-state index contributed by atoms with van der Waals surface area (Å²) < 4.78 is 5.09. The van der Waals surface area contributed by atoms with Gasteiger partial charge in [0.15, 0.2) is 5.17 Å². The van der Waals surface area contributed by atoms with Crippen molar-refractivity contribution < 1.29 is 14.3 Å². The van der Waals surface area contributed by atoms with Gasteiger partial charge in [0.1, 0.15) is 0 Å². The Balaban J connectivity index is 2.14. The molecule has 10 heteroatoms. The summed E-state index contributed by atoms with van der Waals surface area (Å²) in [6.45, 7) is 0. The summed E-state index contributed by atoms with van der Waals surface area (Å²) in [7, 11) is 1.23. The average Bonchev–Trinajstić information content (AvgIpc) is 2.84. The van der Waals surface area contributed by atoms with E-state index in [1.807, 2.05) is 0 Å². The third-order valence-electron chi connectivity index (χ3n) is 2.47. The molecule has 1 heterocycles. The standard InChI is InChI=1S/C13H8BrCl2N3O3S/c1-22-10(20)4-9-12(21)18-13(23-9)19-17-5-6-2-7(15)3-8(14)11(6)16/h2-5H,1H3,(H,18,19,21)/b9-4+,17-5?. The number of nitrogens with zero attached hydrogens (tertiary/aromatic N) is 2. The van der Waals surface area contributed by atoms with Gasteiger partial charge in [-0.3, -0.25) is 10.1 Å². The fourth-order valence-electron chi connectivity index (χ4n) is 1.45. The lowest BCUT2D eigenvalue weighted by molar-refractivity contribution is -0.135. The van der Waals surface area contributed by atoms with Crippen LogP contribution in [-0.2, 0) is 14.3 Å². The molecule has 23 heavy (non-hydrogen) atoms. The maximum atomic E-state index is 11.6. The maximum absolute atomic E-state index is 11.6. The molecule has 0 aromatic heterocycles. The Kier molecular flexibility index (Phi) is 6.23. The van der Waals surface area contributed by atoms with Gasteiger partial charge in [-0.15, -0.1) is 5.10 Å². The first-order valence-corrected chi connectivity index (χ1v) is 8.31. The van der Waals surface area contributed by atoms with E-state index in [4.69, 9.17) is 23.2 Å². The molecule has 0 bridgehead atoms. The molecule has 120 valence electrons. The van der Waals surface area contributed by atoms with Crippen LogP contribution in [-0.4, -0.2) is 30.4 Å². The normalized spacial score (nSPS) is 18.0. The van der Waals surface area contributed by atoms with Crippen molar-refractivity contribution in [1.29, 1.82) is 0 Å². The molecule has 0 atom stereocenters. The minimum atomic E-state index is -0.622. The van der Waals surface area contributed by atoms with Crippen molar-refractivity contribution >= 4 is 74.2 Å². The number of hydrogen-bond acceptors (Lipinski definition) is 6. The van der Waals surface area contributed by atoms with Crippen LogP contribution < -0.4 is 5.32 Å². The summed E-state index contributed by atoms with van der Waals surface area (Å²) in [5.41, 5.74) is 0.565. The number of ether oxygens (including phenoxy) is 1. The Morgan fingerprint density at radius 1 is 1.43 bits per heavy atom. The van der Waals surface area contributed by atoms with E-state index < -0.39 is 11.9 Å². The van der Waals surface area contributed by atoms with E-state index in [-0.39, 0.29) is 10.1 Å². The number of esters is 1. The van der Waals surface area contributed by atoms with Gasteiger partial charge >= 0.3 is 5.97 Å². The number of halogens is 3. The van der Waals surface area contributed by atoms with Gasteiger partial charge in [0, 0.05) is 21.1 Å². The van der Waals surface area contributed by atoms with Crippen LogP contribution in [0.15, 0.2) is 37.8 Å². The van der Waals surface area contributed by atoms with Crippen LogP contribution in [0.3, 0.4) is 0 Å². The Morgan fingerprint density at radius 2 is 2.17 bits per heavy atom. The number of nitrogens with one attached hydrogen (secondary N) is 1. The van der Waals surface area contributed by atoms with Gasteiger partial charge in [-0.2, -0.15) is 5.10 Å². The monoisotopic (exact) mass is 435 g/mol. The number of thioether (sulfide) groups is 1. The first-order valence-electron chi connectivity index (χ1n) is 5.95. The number of rotatable bonds is 3. The van der Waals surface area contributed by atoms with E-state index >= 15 is 0 Å². The highest BCUT2D eigenvalue weighted by Gasteiger charge is 2.25. The van der Waals surface area contributed by atoms with Crippen molar-refractivity contribution in [3.8, 4) is 0 Å². The zero-order valence-electron chi connectivity index (χ0n) is 11.5. The number of hydrogen-bond donors (Lipinski definition) is 1. The summed E-state index contributed by atoms with van der Waals surface area (Å²) in [6, 6.07) is 3.28. The smallest absolute Gasteiger partial charge is 0.331 e. The first kappa shape index (κ1) is 18.0. The van der Waals surface area contributed by atoms with Crippen molar-refractivity contribution in [3.05, 3.63) is 43.2 Å². The number of carbonyl (C=O) groups is 2. The number of carbonyl (C=O) groups excluding carboxylic acids is 2. The Labute approximate surface area is 154 Å². The van der Waals surface area contributed by atoms with Crippen LogP contribution in [0.4, 0.5) is 0 Å². The highest BCUT2D eigenvalue weighted by atomic mass is 79.9. The summed E-state index contributed by atoms with van der Waals surface area (Å²) in [6.07, 6.45) is 2.48.